The number of hydrogen-bond acceptors (Lipinski definition) is 5. The lowest BCUT2D eigenvalue weighted by Gasteiger charge is -2.14. The van der Waals surface area contributed by atoms with E-state index in [2.05, 4.69) is 44.6 Å². The Kier molecular flexibility index (Phi) is 5.62. The van der Waals surface area contributed by atoms with Crippen LogP contribution in [0.5, 0.6) is 0 Å². The number of carbonyl (C=O) groups is 1. The van der Waals surface area contributed by atoms with Crippen LogP contribution in [0, 0.1) is 12.7 Å². The van der Waals surface area contributed by atoms with Gasteiger partial charge in [-0.3, -0.25) is 9.89 Å². The maximum Gasteiger partial charge on any atom is 0.259 e. The van der Waals surface area contributed by atoms with Gasteiger partial charge in [-0.05, 0) is 53.8 Å². The molecule has 0 unspecified atom stereocenters. The number of aromatic nitrogens is 4. The summed E-state index contributed by atoms with van der Waals surface area (Å²) in [6, 6.07) is 8.80. The van der Waals surface area contributed by atoms with E-state index < -0.39 is 11.7 Å². The second-order valence-corrected chi connectivity index (χ2v) is 7.69. The number of aromatic amines is 1. The number of halogens is 1. The van der Waals surface area contributed by atoms with Gasteiger partial charge in [-0.15, -0.1) is 0 Å². The van der Waals surface area contributed by atoms with E-state index in [1.165, 1.54) is 11.6 Å². The lowest BCUT2D eigenvalue weighted by atomic mass is 9.97. The molecule has 4 rings (SSSR count). The van der Waals surface area contributed by atoms with Crippen LogP contribution in [0.15, 0.2) is 48.9 Å². The van der Waals surface area contributed by atoms with E-state index in [0.717, 1.165) is 22.7 Å². The van der Waals surface area contributed by atoms with Gasteiger partial charge in [-0.2, -0.15) is 5.10 Å². The van der Waals surface area contributed by atoms with E-state index in [1.54, 1.807) is 12.4 Å². The highest BCUT2D eigenvalue weighted by Crippen LogP contribution is 2.24. The topological polar surface area (TPSA) is 95.6 Å². The van der Waals surface area contributed by atoms with Crippen molar-refractivity contribution in [2.75, 3.05) is 10.6 Å². The molecule has 1 amide bonds. The van der Waals surface area contributed by atoms with Crippen LogP contribution >= 0.6 is 0 Å². The zero-order valence-corrected chi connectivity index (χ0v) is 17.5. The number of hydrogen-bond donors (Lipinski definition) is 3. The summed E-state index contributed by atoms with van der Waals surface area (Å²) in [5.74, 6) is -0.330. The molecule has 0 atom stereocenters. The first-order valence-corrected chi connectivity index (χ1v) is 10.0. The van der Waals surface area contributed by atoms with Gasteiger partial charge in [0, 0.05) is 23.8 Å². The van der Waals surface area contributed by atoms with Crippen molar-refractivity contribution in [3.63, 3.8) is 0 Å². The Labute approximate surface area is 179 Å². The van der Waals surface area contributed by atoms with E-state index in [1.807, 2.05) is 31.2 Å². The molecular formula is C23H23FN6O. The fourth-order valence-corrected chi connectivity index (χ4v) is 3.59. The molecule has 3 N–H and O–H groups in total. The maximum absolute atomic E-state index is 13.9. The Morgan fingerprint density at radius 3 is 2.77 bits per heavy atom. The average Bonchev–Trinajstić information content (AvgIpc) is 3.22. The smallest absolute Gasteiger partial charge is 0.259 e. The van der Waals surface area contributed by atoms with Crippen LogP contribution in [0.25, 0.3) is 11.0 Å². The van der Waals surface area contributed by atoms with Gasteiger partial charge in [0.25, 0.3) is 5.91 Å². The van der Waals surface area contributed by atoms with Crippen LogP contribution in [-0.4, -0.2) is 26.1 Å². The fraction of sp³-hybridized carbons (Fsp3) is 0.217. The number of carbonyl (C=O) groups excluding carboxylic acids is 1. The van der Waals surface area contributed by atoms with E-state index in [0.29, 0.717) is 29.6 Å². The number of rotatable bonds is 6. The zero-order chi connectivity index (χ0) is 22.0. The van der Waals surface area contributed by atoms with Crippen molar-refractivity contribution in [1.82, 2.24) is 20.2 Å². The van der Waals surface area contributed by atoms with E-state index in [4.69, 9.17) is 0 Å². The number of benzene rings is 1. The minimum atomic E-state index is -0.580. The third-order valence-electron chi connectivity index (χ3n) is 5.14. The number of amides is 1. The molecule has 0 radical (unpaired) electrons. The number of H-pyrrole nitrogens is 1. The van der Waals surface area contributed by atoms with Crippen LogP contribution < -0.4 is 10.6 Å². The van der Waals surface area contributed by atoms with Gasteiger partial charge in [0.1, 0.15) is 11.6 Å². The zero-order valence-electron chi connectivity index (χ0n) is 17.5. The SMILES string of the molecule is Cc1cc(NC(=O)c2cc(F)cnc2NCc2ccnc3[nH]ncc23)ccc1C(C)C. The molecule has 8 heteroatoms. The molecule has 0 aliphatic carbocycles. The summed E-state index contributed by atoms with van der Waals surface area (Å²) in [6.45, 7) is 6.63. The molecule has 0 spiro atoms. The summed E-state index contributed by atoms with van der Waals surface area (Å²) < 4.78 is 13.9. The highest BCUT2D eigenvalue weighted by Gasteiger charge is 2.16. The Morgan fingerprint density at radius 2 is 2.00 bits per heavy atom. The molecule has 0 saturated heterocycles. The lowest BCUT2D eigenvalue weighted by Crippen LogP contribution is -2.16. The van der Waals surface area contributed by atoms with Crippen LogP contribution in [0.3, 0.4) is 0 Å². The first kappa shape index (κ1) is 20.5. The van der Waals surface area contributed by atoms with Gasteiger partial charge in [0.15, 0.2) is 5.65 Å². The van der Waals surface area contributed by atoms with Crippen LogP contribution in [0.1, 0.15) is 46.8 Å². The minimum Gasteiger partial charge on any atom is -0.365 e. The number of anilines is 2. The number of aryl methyl sites for hydroxylation is 1. The molecule has 0 aliphatic rings. The van der Waals surface area contributed by atoms with Crippen molar-refractivity contribution in [3.05, 3.63) is 77.0 Å². The Hall–Kier alpha value is -3.81. The average molecular weight is 418 g/mol. The summed E-state index contributed by atoms with van der Waals surface area (Å²) in [5, 5.41) is 13.7. The van der Waals surface area contributed by atoms with Gasteiger partial charge in [-0.1, -0.05) is 19.9 Å². The van der Waals surface area contributed by atoms with E-state index in [-0.39, 0.29) is 5.56 Å². The monoisotopic (exact) mass is 418 g/mol. The summed E-state index contributed by atoms with van der Waals surface area (Å²) >= 11 is 0. The molecule has 3 aromatic heterocycles. The second kappa shape index (κ2) is 8.51. The first-order valence-electron chi connectivity index (χ1n) is 10.0. The second-order valence-electron chi connectivity index (χ2n) is 7.69. The summed E-state index contributed by atoms with van der Waals surface area (Å²) in [4.78, 5) is 21.2. The van der Waals surface area contributed by atoms with Gasteiger partial charge in [0.05, 0.1) is 18.0 Å². The van der Waals surface area contributed by atoms with Crippen LogP contribution in [0.2, 0.25) is 0 Å². The molecule has 3 heterocycles. The molecule has 0 aliphatic heterocycles. The van der Waals surface area contributed by atoms with E-state index >= 15 is 0 Å². The van der Waals surface area contributed by atoms with Gasteiger partial charge in [0.2, 0.25) is 0 Å². The van der Waals surface area contributed by atoms with Gasteiger partial charge < -0.3 is 10.6 Å². The fourth-order valence-electron chi connectivity index (χ4n) is 3.59. The molecule has 0 saturated carbocycles. The first-order chi connectivity index (χ1) is 14.9. The normalized spacial score (nSPS) is 11.1. The van der Waals surface area contributed by atoms with Crippen LogP contribution in [-0.2, 0) is 6.54 Å². The van der Waals surface area contributed by atoms with Gasteiger partial charge in [-0.25, -0.2) is 14.4 Å². The van der Waals surface area contributed by atoms with Crippen molar-refractivity contribution < 1.29 is 9.18 Å². The highest BCUT2D eigenvalue weighted by molar-refractivity contribution is 6.07. The number of pyridine rings is 2. The standard InChI is InChI=1S/C23H23FN6O/c1-13(2)18-5-4-17(8-14(18)3)29-23(31)19-9-16(24)11-27-21(19)26-10-15-6-7-25-22-20(15)12-28-30-22/h4-9,11-13H,10H2,1-3H3,(H,26,27)(H,29,31)(H,25,28,30). The molecule has 31 heavy (non-hydrogen) atoms. The summed E-state index contributed by atoms with van der Waals surface area (Å²) in [5.41, 5.74) is 4.68. The van der Waals surface area contributed by atoms with Crippen molar-refractivity contribution in [3.8, 4) is 0 Å². The highest BCUT2D eigenvalue weighted by atomic mass is 19.1. The molecule has 4 aromatic rings. The predicted octanol–water partition coefficient (Wildman–Crippen LogP) is 4.79. The number of fused-ring (bicyclic) bond motifs is 1. The quantitative estimate of drug-likeness (QED) is 0.418. The molecule has 7 nitrogen and oxygen atoms in total. The minimum absolute atomic E-state index is 0.128. The molecule has 0 fully saturated rings. The number of nitrogens with one attached hydrogen (secondary N) is 3. The molecule has 1 aromatic carbocycles. The Balaban J connectivity index is 1.56. The van der Waals surface area contributed by atoms with Crippen molar-refractivity contribution in [1.29, 1.82) is 0 Å². The summed E-state index contributed by atoms with van der Waals surface area (Å²) in [6.07, 6.45) is 4.45. The van der Waals surface area contributed by atoms with Crippen molar-refractivity contribution >= 4 is 28.4 Å². The third-order valence-corrected chi connectivity index (χ3v) is 5.14. The summed E-state index contributed by atoms with van der Waals surface area (Å²) in [7, 11) is 0. The Bertz CT molecular complexity index is 1250. The predicted molar refractivity (Wildman–Crippen MR) is 119 cm³/mol. The van der Waals surface area contributed by atoms with Crippen molar-refractivity contribution in [2.45, 2.75) is 33.2 Å². The molecule has 158 valence electrons. The lowest BCUT2D eigenvalue weighted by molar-refractivity contribution is 0.102. The van der Waals surface area contributed by atoms with Gasteiger partial charge >= 0.3 is 0 Å². The molecule has 0 bridgehead atoms. The molecular weight excluding hydrogens is 395 g/mol. The largest absolute Gasteiger partial charge is 0.365 e. The Morgan fingerprint density at radius 1 is 1.16 bits per heavy atom. The maximum atomic E-state index is 13.9. The van der Waals surface area contributed by atoms with Crippen LogP contribution in [0.4, 0.5) is 15.9 Å². The van der Waals surface area contributed by atoms with Crippen molar-refractivity contribution in [2.24, 2.45) is 0 Å². The third kappa shape index (κ3) is 4.37. The number of nitrogens with zero attached hydrogens (tertiary/aromatic N) is 3. The van der Waals surface area contributed by atoms with E-state index in [9.17, 15) is 9.18 Å².